The monoisotopic (exact) mass is 365 g/mol. The topological polar surface area (TPSA) is 42.2 Å². The molecule has 0 aromatic carbocycles. The fourth-order valence-corrected chi connectivity index (χ4v) is 4.13. The second-order valence-corrected chi connectivity index (χ2v) is 7.89. The molecule has 1 aliphatic rings. The first-order valence-electron chi connectivity index (χ1n) is 7.33. The number of aromatic nitrogens is 1. The summed E-state index contributed by atoms with van der Waals surface area (Å²) in [6, 6.07) is 4.44. The first kappa shape index (κ1) is 15.0. The molecule has 0 atom stereocenters. The molecule has 2 aromatic heterocycles. The third kappa shape index (κ3) is 3.30. The van der Waals surface area contributed by atoms with E-state index >= 15 is 0 Å². The average molecular weight is 366 g/mol. The highest BCUT2D eigenvalue weighted by Gasteiger charge is 2.17. The third-order valence-corrected chi connectivity index (χ3v) is 5.53. The number of fused-ring (bicyclic) bond motifs is 1. The number of anilines is 1. The Balaban J connectivity index is 1.89. The minimum Gasteiger partial charge on any atom is -0.355 e. The number of pyridine rings is 1. The summed E-state index contributed by atoms with van der Waals surface area (Å²) in [6.07, 6.45) is 4.78. The Bertz CT molecular complexity index is 638. The van der Waals surface area contributed by atoms with Gasteiger partial charge in [-0.3, -0.25) is 0 Å². The molecular formula is C16H20BrN3S. The molecule has 0 saturated heterocycles. The van der Waals surface area contributed by atoms with Gasteiger partial charge in [0.25, 0.3) is 0 Å². The molecular weight excluding hydrogens is 346 g/mol. The lowest BCUT2D eigenvalue weighted by molar-refractivity contribution is 0.663. The molecule has 3 rings (SSSR count). The molecule has 0 aliphatic heterocycles. The van der Waals surface area contributed by atoms with Crippen molar-refractivity contribution in [3.63, 3.8) is 0 Å². The van der Waals surface area contributed by atoms with Crippen LogP contribution in [0.2, 0.25) is 0 Å². The normalized spacial score (nSPS) is 14.0. The van der Waals surface area contributed by atoms with Crippen molar-refractivity contribution in [3.05, 3.63) is 43.7 Å². The minimum absolute atomic E-state index is 0.549. The predicted molar refractivity (Wildman–Crippen MR) is 92.9 cm³/mol. The second-order valence-electron chi connectivity index (χ2n) is 5.60. The van der Waals surface area contributed by atoms with Gasteiger partial charge in [-0.05, 0) is 70.3 Å². The Hall–Kier alpha value is -0.910. The van der Waals surface area contributed by atoms with Crippen molar-refractivity contribution in [1.29, 1.82) is 0 Å². The van der Waals surface area contributed by atoms with E-state index in [0.717, 1.165) is 30.8 Å². The maximum absolute atomic E-state index is 5.95. The fraction of sp³-hybridized carbons (Fsp3) is 0.438. The first-order valence-corrected chi connectivity index (χ1v) is 9.00. The molecule has 3 nitrogen and oxygen atoms in total. The van der Waals surface area contributed by atoms with Crippen LogP contribution in [0.3, 0.4) is 0 Å². The lowest BCUT2D eigenvalue weighted by atomic mass is 9.94. The molecule has 2 heterocycles. The van der Waals surface area contributed by atoms with Gasteiger partial charge in [0.05, 0.1) is 3.79 Å². The van der Waals surface area contributed by atoms with Crippen LogP contribution in [-0.4, -0.2) is 12.0 Å². The summed E-state index contributed by atoms with van der Waals surface area (Å²) in [5, 5.41) is 2.18. The van der Waals surface area contributed by atoms with Gasteiger partial charge in [0.1, 0.15) is 5.82 Å². The highest BCUT2D eigenvalue weighted by Crippen LogP contribution is 2.28. The molecule has 0 spiro atoms. The summed E-state index contributed by atoms with van der Waals surface area (Å²) in [5.41, 5.74) is 11.1. The van der Waals surface area contributed by atoms with E-state index in [-0.39, 0.29) is 0 Å². The van der Waals surface area contributed by atoms with E-state index < -0.39 is 0 Å². The first-order chi connectivity index (χ1) is 10.2. The number of nitrogens with two attached hydrogens (primary N) is 1. The van der Waals surface area contributed by atoms with E-state index in [9.17, 15) is 0 Å². The average Bonchev–Trinajstić information content (AvgIpc) is 2.90. The van der Waals surface area contributed by atoms with Crippen LogP contribution in [0.1, 0.15) is 35.2 Å². The quantitative estimate of drug-likeness (QED) is 0.893. The van der Waals surface area contributed by atoms with Crippen molar-refractivity contribution in [1.82, 2.24) is 4.98 Å². The van der Waals surface area contributed by atoms with Crippen LogP contribution >= 0.6 is 27.3 Å². The van der Waals surface area contributed by atoms with Gasteiger partial charge in [-0.15, -0.1) is 11.3 Å². The van der Waals surface area contributed by atoms with Crippen LogP contribution in [0.5, 0.6) is 0 Å². The number of thiophene rings is 1. The van der Waals surface area contributed by atoms with Crippen molar-refractivity contribution in [2.45, 2.75) is 38.8 Å². The second kappa shape index (κ2) is 6.46. The Morgan fingerprint density at radius 1 is 1.33 bits per heavy atom. The Morgan fingerprint density at radius 2 is 2.14 bits per heavy atom. The maximum Gasteiger partial charge on any atom is 0.133 e. The minimum atomic E-state index is 0.549. The van der Waals surface area contributed by atoms with Gasteiger partial charge in [0.15, 0.2) is 0 Å². The van der Waals surface area contributed by atoms with Crippen LogP contribution in [0.15, 0.2) is 21.3 Å². The third-order valence-electron chi connectivity index (χ3n) is 3.98. The molecule has 0 saturated carbocycles. The zero-order valence-corrected chi connectivity index (χ0v) is 14.6. The number of nitrogens with zero attached hydrogens (tertiary/aromatic N) is 2. The number of rotatable bonds is 4. The van der Waals surface area contributed by atoms with Gasteiger partial charge in [-0.2, -0.15) is 0 Å². The van der Waals surface area contributed by atoms with E-state index in [4.69, 9.17) is 10.7 Å². The van der Waals surface area contributed by atoms with Crippen LogP contribution in [0, 0.1) is 0 Å². The molecule has 0 amide bonds. The van der Waals surface area contributed by atoms with Gasteiger partial charge in [-0.1, -0.05) is 0 Å². The molecule has 0 unspecified atom stereocenters. The number of hydrogen-bond donors (Lipinski definition) is 1. The molecule has 5 heteroatoms. The summed E-state index contributed by atoms with van der Waals surface area (Å²) in [4.78, 5) is 7.14. The molecule has 0 fully saturated rings. The van der Waals surface area contributed by atoms with Gasteiger partial charge in [-0.25, -0.2) is 4.98 Å². The smallest absolute Gasteiger partial charge is 0.133 e. The predicted octanol–water partition coefficient (Wildman–Crippen LogP) is 3.88. The van der Waals surface area contributed by atoms with Crippen LogP contribution < -0.4 is 10.6 Å². The summed E-state index contributed by atoms with van der Waals surface area (Å²) < 4.78 is 1.17. The summed E-state index contributed by atoms with van der Waals surface area (Å²) >= 11 is 5.24. The Morgan fingerprint density at radius 3 is 2.86 bits per heavy atom. The summed E-state index contributed by atoms with van der Waals surface area (Å²) in [7, 11) is 2.10. The molecule has 2 aromatic rings. The van der Waals surface area contributed by atoms with Crippen molar-refractivity contribution in [2.75, 3.05) is 11.9 Å². The Labute approximate surface area is 138 Å². The fourth-order valence-electron chi connectivity index (χ4n) is 2.93. The summed E-state index contributed by atoms with van der Waals surface area (Å²) in [5.74, 6) is 1.04. The highest BCUT2D eigenvalue weighted by atomic mass is 79.9. The van der Waals surface area contributed by atoms with Gasteiger partial charge >= 0.3 is 0 Å². The number of halogens is 1. The van der Waals surface area contributed by atoms with E-state index in [1.807, 2.05) is 0 Å². The molecule has 0 radical (unpaired) electrons. The largest absolute Gasteiger partial charge is 0.355 e. The van der Waals surface area contributed by atoms with E-state index in [0.29, 0.717) is 6.54 Å². The molecule has 0 bridgehead atoms. The molecule has 1 aliphatic carbocycles. The van der Waals surface area contributed by atoms with E-state index in [1.54, 1.807) is 11.3 Å². The van der Waals surface area contributed by atoms with Crippen LogP contribution in [0.4, 0.5) is 5.82 Å². The van der Waals surface area contributed by atoms with Crippen LogP contribution in [0.25, 0.3) is 0 Å². The van der Waals surface area contributed by atoms with Crippen molar-refractivity contribution in [3.8, 4) is 0 Å². The molecule has 21 heavy (non-hydrogen) atoms. The number of hydrogen-bond acceptors (Lipinski definition) is 4. The molecule has 2 N–H and O–H groups in total. The highest BCUT2D eigenvalue weighted by molar-refractivity contribution is 9.11. The van der Waals surface area contributed by atoms with Gasteiger partial charge in [0, 0.05) is 31.4 Å². The molecule has 112 valence electrons. The van der Waals surface area contributed by atoms with Crippen molar-refractivity contribution in [2.24, 2.45) is 5.73 Å². The zero-order chi connectivity index (χ0) is 14.8. The number of aryl methyl sites for hydroxylation is 2. The van der Waals surface area contributed by atoms with Gasteiger partial charge < -0.3 is 10.6 Å². The maximum atomic E-state index is 5.95. The lowest BCUT2D eigenvalue weighted by Crippen LogP contribution is -2.22. The Kier molecular flexibility index (Phi) is 4.62. The zero-order valence-electron chi connectivity index (χ0n) is 12.2. The standard InChI is InChI=1S/C16H20BrN3S/c1-20(9-11-6-15(17)21-10-11)16-13(8-18)7-12-4-2-3-5-14(12)19-16/h6-7,10H,2-5,8-9,18H2,1H3. The van der Waals surface area contributed by atoms with Crippen molar-refractivity contribution < 1.29 is 0 Å². The summed E-state index contributed by atoms with van der Waals surface area (Å²) in [6.45, 7) is 1.41. The lowest BCUT2D eigenvalue weighted by Gasteiger charge is -2.24. The van der Waals surface area contributed by atoms with Crippen molar-refractivity contribution >= 4 is 33.1 Å². The van der Waals surface area contributed by atoms with Gasteiger partial charge in [0.2, 0.25) is 0 Å². The van der Waals surface area contributed by atoms with E-state index in [2.05, 4.69) is 45.4 Å². The van der Waals surface area contributed by atoms with E-state index in [1.165, 1.54) is 33.4 Å². The SMILES string of the molecule is CN(Cc1csc(Br)c1)c1nc2c(cc1CN)CCCC2. The van der Waals surface area contributed by atoms with Crippen LogP contribution in [-0.2, 0) is 25.9 Å².